The SMILES string of the molecule is c1ccc(-c2ccc(-c3ccc(N(c4cccc(-c5cccc6c5Oc5ccccc5C65c6ccccc6Oc6ccccc65)c4)c4cccc5ccc6c7ccccc7oc6c45)cc3)cc2)cc1. The van der Waals surface area contributed by atoms with Crippen LogP contribution in [0.4, 0.5) is 17.1 Å². The molecule has 12 aromatic rings. The lowest BCUT2D eigenvalue weighted by atomic mass is 9.62. The van der Waals surface area contributed by atoms with Crippen LogP contribution in [0.25, 0.3) is 66.1 Å². The second kappa shape index (κ2) is 15.5. The molecule has 324 valence electrons. The third-order valence-electron chi connectivity index (χ3n) is 14.2. The Labute approximate surface area is 399 Å². The molecule has 1 spiro atoms. The summed E-state index contributed by atoms with van der Waals surface area (Å²) >= 11 is 0. The molecule has 0 unspecified atom stereocenters. The van der Waals surface area contributed by atoms with E-state index in [0.29, 0.717) is 0 Å². The lowest BCUT2D eigenvalue weighted by molar-refractivity contribution is 0.400. The van der Waals surface area contributed by atoms with Crippen LogP contribution < -0.4 is 14.4 Å². The number of ether oxygens (including phenoxy) is 2. The first-order chi connectivity index (χ1) is 34.2. The van der Waals surface area contributed by atoms with Crippen LogP contribution in [-0.2, 0) is 5.41 Å². The smallest absolute Gasteiger partial charge is 0.145 e. The van der Waals surface area contributed by atoms with E-state index in [1.807, 2.05) is 18.2 Å². The van der Waals surface area contributed by atoms with Crippen molar-refractivity contribution in [2.75, 3.05) is 4.90 Å². The van der Waals surface area contributed by atoms with Gasteiger partial charge in [-0.15, -0.1) is 0 Å². The first kappa shape index (κ1) is 39.1. The van der Waals surface area contributed by atoms with Crippen LogP contribution in [0.15, 0.2) is 253 Å². The van der Waals surface area contributed by atoms with Crippen molar-refractivity contribution in [1.82, 2.24) is 0 Å². The largest absolute Gasteiger partial charge is 0.457 e. The Morgan fingerprint density at radius 2 is 0.899 bits per heavy atom. The molecule has 69 heavy (non-hydrogen) atoms. The summed E-state index contributed by atoms with van der Waals surface area (Å²) < 4.78 is 20.6. The van der Waals surface area contributed by atoms with Gasteiger partial charge in [-0.25, -0.2) is 0 Å². The molecule has 0 atom stereocenters. The Morgan fingerprint density at radius 1 is 0.348 bits per heavy atom. The third-order valence-corrected chi connectivity index (χ3v) is 14.2. The summed E-state index contributed by atoms with van der Waals surface area (Å²) in [6.45, 7) is 0. The average Bonchev–Trinajstić information content (AvgIpc) is 3.81. The lowest BCUT2D eigenvalue weighted by Crippen LogP contribution is -2.36. The van der Waals surface area contributed by atoms with Gasteiger partial charge in [0.1, 0.15) is 34.2 Å². The molecule has 0 radical (unpaired) electrons. The molecule has 3 heterocycles. The zero-order valence-corrected chi connectivity index (χ0v) is 37.3. The molecule has 4 nitrogen and oxygen atoms in total. The van der Waals surface area contributed by atoms with Crippen molar-refractivity contribution >= 4 is 49.8 Å². The first-order valence-corrected chi connectivity index (χ1v) is 23.5. The highest BCUT2D eigenvalue weighted by atomic mass is 16.5. The molecule has 0 amide bonds. The van der Waals surface area contributed by atoms with Crippen molar-refractivity contribution in [2.24, 2.45) is 0 Å². The standard InChI is InChI=1S/C65H41NO3/c1-2-15-42(16-3-1)43-31-33-44(34-32-43)45-35-38-48(39-36-45)66(57-26-13-17-46-37-40-52-51-20-4-8-27-58(51)68-64(52)62(46)57)49-19-12-18-47(41-49)50-21-14-25-56-63(50)69-61-30-11-7-24-55(61)65(56)53-22-5-9-28-59(53)67-60-29-10-6-23-54(60)65/h1-41H. The molecule has 0 bridgehead atoms. The minimum Gasteiger partial charge on any atom is -0.457 e. The van der Waals surface area contributed by atoms with Gasteiger partial charge in [-0.1, -0.05) is 188 Å². The Bertz CT molecular complexity index is 3900. The molecule has 11 aromatic carbocycles. The van der Waals surface area contributed by atoms with Crippen LogP contribution in [-0.4, -0.2) is 0 Å². The van der Waals surface area contributed by atoms with Crippen LogP contribution in [0.3, 0.4) is 0 Å². The Kier molecular flexibility index (Phi) is 8.77. The summed E-state index contributed by atoms with van der Waals surface area (Å²) in [6, 6.07) is 88.3. The van der Waals surface area contributed by atoms with Gasteiger partial charge in [-0.3, -0.25) is 0 Å². The van der Waals surface area contributed by atoms with Crippen molar-refractivity contribution in [2.45, 2.75) is 5.41 Å². The van der Waals surface area contributed by atoms with Crippen LogP contribution in [0.2, 0.25) is 0 Å². The van der Waals surface area contributed by atoms with E-state index in [-0.39, 0.29) is 0 Å². The van der Waals surface area contributed by atoms with Crippen LogP contribution in [0, 0.1) is 0 Å². The van der Waals surface area contributed by atoms with Crippen molar-refractivity contribution in [3.8, 4) is 56.4 Å². The Morgan fingerprint density at radius 3 is 1.61 bits per heavy atom. The molecule has 0 fully saturated rings. The minimum absolute atomic E-state index is 0.695. The zero-order valence-electron chi connectivity index (χ0n) is 37.3. The third kappa shape index (κ3) is 6.02. The predicted octanol–water partition coefficient (Wildman–Crippen LogP) is 17.8. The molecule has 2 aliphatic heterocycles. The van der Waals surface area contributed by atoms with E-state index in [0.717, 1.165) is 117 Å². The fourth-order valence-corrected chi connectivity index (χ4v) is 11.1. The van der Waals surface area contributed by atoms with Gasteiger partial charge in [0.2, 0.25) is 0 Å². The van der Waals surface area contributed by atoms with Gasteiger partial charge in [0, 0.05) is 55.4 Å². The second-order valence-electron chi connectivity index (χ2n) is 17.9. The number of rotatable bonds is 6. The summed E-state index contributed by atoms with van der Waals surface area (Å²) in [6.07, 6.45) is 0. The molecule has 4 heteroatoms. The number of fused-ring (bicyclic) bond motifs is 13. The molecule has 1 aromatic heterocycles. The van der Waals surface area contributed by atoms with Crippen molar-refractivity contribution in [3.05, 3.63) is 271 Å². The van der Waals surface area contributed by atoms with Crippen LogP contribution >= 0.6 is 0 Å². The fraction of sp³-hybridized carbons (Fsp3) is 0.0154. The number of anilines is 3. The van der Waals surface area contributed by atoms with Crippen molar-refractivity contribution in [3.63, 3.8) is 0 Å². The maximum Gasteiger partial charge on any atom is 0.145 e. The van der Waals surface area contributed by atoms with Gasteiger partial charge in [-0.2, -0.15) is 0 Å². The molecular weight excluding hydrogens is 843 g/mol. The summed E-state index contributed by atoms with van der Waals surface area (Å²) in [5.41, 5.74) is 15.1. The van der Waals surface area contributed by atoms with E-state index in [9.17, 15) is 0 Å². The number of hydrogen-bond donors (Lipinski definition) is 0. The highest BCUT2D eigenvalue weighted by Crippen LogP contribution is 2.62. The van der Waals surface area contributed by atoms with Gasteiger partial charge in [0.25, 0.3) is 0 Å². The Hall–Kier alpha value is -9.12. The molecule has 2 aliphatic rings. The maximum atomic E-state index is 7.15. The van der Waals surface area contributed by atoms with E-state index < -0.39 is 5.41 Å². The molecule has 14 rings (SSSR count). The second-order valence-corrected chi connectivity index (χ2v) is 17.9. The summed E-state index contributed by atoms with van der Waals surface area (Å²) in [5.74, 6) is 3.32. The van der Waals surface area contributed by atoms with E-state index in [1.165, 1.54) is 11.1 Å². The summed E-state index contributed by atoms with van der Waals surface area (Å²) in [7, 11) is 0. The van der Waals surface area contributed by atoms with E-state index in [1.54, 1.807) is 0 Å². The highest BCUT2D eigenvalue weighted by molar-refractivity contribution is 6.19. The topological polar surface area (TPSA) is 34.8 Å². The quantitative estimate of drug-likeness (QED) is 0.167. The van der Waals surface area contributed by atoms with Crippen LogP contribution in [0.1, 0.15) is 22.3 Å². The summed E-state index contributed by atoms with van der Waals surface area (Å²) in [4.78, 5) is 2.37. The lowest BCUT2D eigenvalue weighted by Gasteiger charge is -2.45. The Balaban J connectivity index is 0.958. The highest BCUT2D eigenvalue weighted by Gasteiger charge is 2.50. The summed E-state index contributed by atoms with van der Waals surface area (Å²) in [5, 5.41) is 4.34. The fourth-order valence-electron chi connectivity index (χ4n) is 11.1. The number of nitrogens with zero attached hydrogens (tertiary/aromatic N) is 1. The minimum atomic E-state index is -0.695. The molecule has 0 aliphatic carbocycles. The normalized spacial score (nSPS) is 13.0. The van der Waals surface area contributed by atoms with Gasteiger partial charge in [0.15, 0.2) is 0 Å². The van der Waals surface area contributed by atoms with Crippen molar-refractivity contribution < 1.29 is 13.9 Å². The molecule has 0 N–H and O–H groups in total. The molecule has 0 saturated heterocycles. The van der Waals surface area contributed by atoms with E-state index >= 15 is 0 Å². The van der Waals surface area contributed by atoms with Gasteiger partial charge >= 0.3 is 0 Å². The predicted molar refractivity (Wildman–Crippen MR) is 281 cm³/mol. The van der Waals surface area contributed by atoms with Gasteiger partial charge < -0.3 is 18.8 Å². The van der Waals surface area contributed by atoms with Gasteiger partial charge in [0.05, 0.1) is 11.1 Å². The number of para-hydroxylation sites is 5. The van der Waals surface area contributed by atoms with E-state index in [4.69, 9.17) is 13.9 Å². The van der Waals surface area contributed by atoms with Crippen molar-refractivity contribution in [1.29, 1.82) is 0 Å². The maximum absolute atomic E-state index is 7.15. The van der Waals surface area contributed by atoms with Crippen LogP contribution in [0.5, 0.6) is 23.0 Å². The van der Waals surface area contributed by atoms with E-state index in [2.05, 4.69) is 235 Å². The number of benzene rings is 11. The molecule has 0 saturated carbocycles. The monoisotopic (exact) mass is 883 g/mol. The average molecular weight is 884 g/mol. The van der Waals surface area contributed by atoms with Gasteiger partial charge in [-0.05, 0) is 93.9 Å². The number of furan rings is 1. The number of hydrogen-bond acceptors (Lipinski definition) is 4. The molecular formula is C65H41NO3. The zero-order chi connectivity index (χ0) is 45.5. The first-order valence-electron chi connectivity index (χ1n) is 23.5.